The summed E-state index contributed by atoms with van der Waals surface area (Å²) in [6, 6.07) is 0. The zero-order valence-electron chi connectivity index (χ0n) is 10.9. The third-order valence-electron chi connectivity index (χ3n) is 0. The molecule has 18 heteroatoms. The Kier molecular flexibility index (Phi) is 62.7. The van der Waals surface area contributed by atoms with Crippen LogP contribution < -0.4 is 0 Å². The van der Waals surface area contributed by atoms with E-state index in [9.17, 15) is 0 Å². The fraction of sp³-hybridized carbons (Fsp3) is 0. The molecule has 0 aliphatic heterocycles. The molecule has 14 N–H and O–H groups in total. The van der Waals surface area contributed by atoms with Crippen LogP contribution >= 0.6 is 0 Å². The Morgan fingerprint density at radius 1 is 0.389 bits per heavy atom. The summed E-state index contributed by atoms with van der Waals surface area (Å²) in [7, 11) is -8.67. The van der Waals surface area contributed by atoms with E-state index in [1.54, 1.807) is 0 Å². The molecule has 0 aromatic heterocycles. The van der Waals surface area contributed by atoms with Crippen LogP contribution in [0.25, 0.3) is 0 Å². The molecule has 0 radical (unpaired) electrons. The molecule has 0 amide bonds. The van der Waals surface area contributed by atoms with Crippen LogP contribution in [0.3, 0.4) is 0 Å². The second kappa shape index (κ2) is 30.9. The van der Waals surface area contributed by atoms with Crippen LogP contribution in [0.15, 0.2) is 0 Å². The minimum absolute atomic E-state index is 0. The summed E-state index contributed by atoms with van der Waals surface area (Å²) in [5.41, 5.74) is 0. The van der Waals surface area contributed by atoms with Gasteiger partial charge in [0.2, 0.25) is 0 Å². The summed E-state index contributed by atoms with van der Waals surface area (Å²) in [5.74, 6) is 0. The molecule has 0 atom stereocenters. The first-order valence-corrected chi connectivity index (χ1v) is 3.10. The van der Waals surface area contributed by atoms with E-state index >= 15 is 0 Å². The Labute approximate surface area is 142 Å². The van der Waals surface area contributed by atoms with Gasteiger partial charge in [0.25, 0.3) is 0 Å². The summed E-state index contributed by atoms with van der Waals surface area (Å²) < 4.78 is 0. The minimum Gasteiger partial charge on any atom is -1.00 e. The van der Waals surface area contributed by atoms with Crippen LogP contribution in [0.4, 0.5) is 0 Å². The van der Waals surface area contributed by atoms with Gasteiger partial charge in [-0.1, -0.05) is 0 Å². The molecule has 0 aliphatic rings. The van der Waals surface area contributed by atoms with Crippen molar-refractivity contribution in [2.24, 2.45) is 0 Å². The SMILES string of the molecule is O.OB(O)O.OB(O)O.OB(O)O.OB(O)O.[H-].[H-].[Sr+2]. The quantitative estimate of drug-likeness (QED) is 0.180. The number of hydrogen-bond acceptors (Lipinski definition) is 12. The maximum Gasteiger partial charge on any atom is 2.00 e. The number of hydrogen-bond donors (Lipinski definition) is 12. The van der Waals surface area contributed by atoms with Gasteiger partial charge in [-0.3, -0.25) is 0 Å². The largest absolute Gasteiger partial charge is 2.00 e. The molecule has 18 heavy (non-hydrogen) atoms. The van der Waals surface area contributed by atoms with E-state index in [-0.39, 0.29) is 53.8 Å². The molecule has 0 aliphatic carbocycles. The van der Waals surface area contributed by atoms with E-state index in [2.05, 4.69) is 0 Å². The normalized spacial score (nSPS) is 6.00. The summed E-state index contributed by atoms with van der Waals surface area (Å²) in [6.07, 6.45) is 0. The maximum absolute atomic E-state index is 7.17. The van der Waals surface area contributed by atoms with E-state index < -0.39 is 29.3 Å². The number of rotatable bonds is 0. The predicted octanol–water partition coefficient (Wildman–Crippen LogP) is -9.19. The van der Waals surface area contributed by atoms with Crippen molar-refractivity contribution >= 4 is 74.8 Å². The average Bonchev–Trinajstić information content (AvgIpc) is 1.76. The van der Waals surface area contributed by atoms with Crippen LogP contribution in [0.5, 0.6) is 0 Å². The molecule has 0 fully saturated rings. The zero-order chi connectivity index (χ0) is 14.3. The monoisotopic (exact) mass is 356 g/mol. The summed E-state index contributed by atoms with van der Waals surface area (Å²) in [5, 5.41) is 86.0. The third-order valence-corrected chi connectivity index (χ3v) is 0. The van der Waals surface area contributed by atoms with E-state index in [1.807, 2.05) is 0 Å². The molecule has 0 saturated heterocycles. The van der Waals surface area contributed by atoms with Gasteiger partial charge in [-0.15, -0.1) is 0 Å². The van der Waals surface area contributed by atoms with E-state index in [1.165, 1.54) is 0 Å². The molecule has 0 aromatic carbocycles. The van der Waals surface area contributed by atoms with Gasteiger partial charge in [-0.2, -0.15) is 0 Å². The van der Waals surface area contributed by atoms with Crippen molar-refractivity contribution in [2.75, 3.05) is 0 Å². The van der Waals surface area contributed by atoms with Gasteiger partial charge in [-0.05, 0) is 0 Å². The molecule has 0 rings (SSSR count). The predicted molar refractivity (Wildman–Crippen MR) is 61.2 cm³/mol. The van der Waals surface area contributed by atoms with E-state index in [0.717, 1.165) is 0 Å². The van der Waals surface area contributed by atoms with Crippen LogP contribution in [0, 0.1) is 0 Å². The van der Waals surface area contributed by atoms with Crippen LogP contribution in [-0.4, -0.2) is 141 Å². The topological polar surface area (TPSA) is 274 Å². The Morgan fingerprint density at radius 3 is 0.389 bits per heavy atom. The summed E-state index contributed by atoms with van der Waals surface area (Å²) in [4.78, 5) is 0. The molecular weight excluding hydrogens is 339 g/mol. The Balaban J connectivity index is -0.0000000150. The maximum atomic E-state index is 7.17. The molecule has 108 valence electrons. The molecule has 13 nitrogen and oxygen atoms in total. The van der Waals surface area contributed by atoms with Crippen LogP contribution in [0.2, 0.25) is 0 Å². The second-order valence-electron chi connectivity index (χ2n) is 1.39. The zero-order valence-corrected chi connectivity index (χ0v) is 12.4. The smallest absolute Gasteiger partial charge is 1.00 e. The first-order chi connectivity index (χ1) is 6.93. The fourth-order valence-corrected chi connectivity index (χ4v) is 0. The van der Waals surface area contributed by atoms with Gasteiger partial charge in [0.05, 0.1) is 0 Å². The molecule has 0 unspecified atom stereocenters. The van der Waals surface area contributed by atoms with Crippen molar-refractivity contribution < 1.29 is 68.6 Å². The van der Waals surface area contributed by atoms with Gasteiger partial charge >= 0.3 is 74.8 Å². The van der Waals surface area contributed by atoms with Crippen LogP contribution in [-0.2, 0) is 0 Å². The van der Waals surface area contributed by atoms with Gasteiger partial charge in [0, 0.05) is 0 Å². The summed E-state index contributed by atoms with van der Waals surface area (Å²) >= 11 is 0. The first kappa shape index (κ1) is 36.5. The van der Waals surface area contributed by atoms with Gasteiger partial charge in [0.1, 0.15) is 0 Å². The Hall–Kier alpha value is 1.22. The van der Waals surface area contributed by atoms with Crippen molar-refractivity contribution in [1.82, 2.24) is 0 Å². The Morgan fingerprint density at radius 2 is 0.389 bits per heavy atom. The van der Waals surface area contributed by atoms with Crippen LogP contribution in [0.1, 0.15) is 2.85 Å². The molecule has 0 saturated carbocycles. The molecule has 0 bridgehead atoms. The fourth-order valence-electron chi connectivity index (χ4n) is 0. The molecular formula is H16B4O13Sr. The minimum atomic E-state index is -2.17. The molecule has 0 heterocycles. The summed E-state index contributed by atoms with van der Waals surface area (Å²) in [6.45, 7) is 0. The van der Waals surface area contributed by atoms with Crippen molar-refractivity contribution in [3.63, 3.8) is 0 Å². The molecule has 0 spiro atoms. The van der Waals surface area contributed by atoms with Crippen molar-refractivity contribution in [3.8, 4) is 0 Å². The van der Waals surface area contributed by atoms with Crippen molar-refractivity contribution in [3.05, 3.63) is 0 Å². The van der Waals surface area contributed by atoms with Crippen molar-refractivity contribution in [1.29, 1.82) is 0 Å². The average molecular weight is 355 g/mol. The third kappa shape index (κ3) is 3040. The second-order valence-corrected chi connectivity index (χ2v) is 1.39. The van der Waals surface area contributed by atoms with E-state index in [0.29, 0.717) is 0 Å². The van der Waals surface area contributed by atoms with Gasteiger partial charge in [0.15, 0.2) is 0 Å². The van der Waals surface area contributed by atoms with Crippen molar-refractivity contribution in [2.45, 2.75) is 0 Å². The Bertz CT molecular complexity index is 71.4. The first-order valence-electron chi connectivity index (χ1n) is 3.10. The van der Waals surface area contributed by atoms with Gasteiger partial charge < -0.3 is 68.6 Å². The van der Waals surface area contributed by atoms with Gasteiger partial charge in [-0.25, -0.2) is 0 Å². The van der Waals surface area contributed by atoms with E-state index in [4.69, 9.17) is 60.3 Å². The standard InChI is InChI=1S/4BH3O3.H2O.Sr.2H/c4*2-1(3)4;;;;/h4*2-4H;1H2;;;/q;;;;;+2;2*-1. The molecule has 0 aromatic rings.